The zero-order chi connectivity index (χ0) is 30.3. The van der Waals surface area contributed by atoms with Crippen LogP contribution in [-0.4, -0.2) is 69.9 Å². The Kier molecular flexibility index (Phi) is 9.83. The Morgan fingerprint density at radius 1 is 1.10 bits per heavy atom. The van der Waals surface area contributed by atoms with Crippen molar-refractivity contribution in [1.29, 1.82) is 0 Å². The molecule has 218 valence electrons. The van der Waals surface area contributed by atoms with Gasteiger partial charge in [0.25, 0.3) is 0 Å². The van der Waals surface area contributed by atoms with E-state index in [1.165, 1.54) is 30.3 Å². The van der Waals surface area contributed by atoms with Crippen molar-refractivity contribution in [2.45, 2.75) is 12.5 Å². The Labute approximate surface area is 250 Å². The minimum Gasteiger partial charge on any atom is -0.453 e. The van der Waals surface area contributed by atoms with Gasteiger partial charge in [-0.15, -0.1) is 10.2 Å². The predicted octanol–water partition coefficient (Wildman–Crippen LogP) is 3.91. The summed E-state index contributed by atoms with van der Waals surface area (Å²) in [6, 6.07) is 12.5. The third-order valence-electron chi connectivity index (χ3n) is 5.85. The number of tetrazole rings is 1. The molecule has 4 aromatic rings. The largest absolute Gasteiger partial charge is 0.453 e. The first-order chi connectivity index (χ1) is 20.0. The highest BCUT2D eigenvalue weighted by Gasteiger charge is 2.20. The van der Waals surface area contributed by atoms with Crippen molar-refractivity contribution >= 4 is 56.8 Å². The van der Waals surface area contributed by atoms with Crippen molar-refractivity contribution in [2.75, 3.05) is 24.4 Å². The molecule has 2 aromatic carbocycles. The summed E-state index contributed by atoms with van der Waals surface area (Å²) < 4.78 is 29.9. The van der Waals surface area contributed by atoms with Gasteiger partial charge in [0.1, 0.15) is 16.2 Å². The standard InChI is InChI=1S/C26H24Cl2N8O5S/c1-41-26(38)30-19-7-3-16(4-8-19)20-14-22(32-33-25(20)28)21(11-12-42(2,39)40)31-24(37)10-5-17-13-18(27)6-9-23(17)36-15-29-34-35-36/h3-10,13-15,21H,11-12H2,1-2H3,(H,30,38)(H,31,37)/b10-5+. The Hall–Kier alpha value is -4.40. The molecule has 2 aromatic heterocycles. The summed E-state index contributed by atoms with van der Waals surface area (Å²) in [5.41, 5.74) is 3.09. The molecule has 0 bridgehead atoms. The van der Waals surface area contributed by atoms with E-state index in [1.807, 2.05) is 0 Å². The fourth-order valence-corrected chi connectivity index (χ4v) is 4.86. The van der Waals surface area contributed by atoms with Crippen LogP contribution in [0.3, 0.4) is 0 Å². The maximum atomic E-state index is 13.0. The molecular formula is C26H24Cl2N8O5S. The lowest BCUT2D eigenvalue weighted by Gasteiger charge is -2.18. The lowest BCUT2D eigenvalue weighted by Crippen LogP contribution is -2.29. The van der Waals surface area contributed by atoms with Crippen molar-refractivity contribution in [1.82, 2.24) is 35.7 Å². The summed E-state index contributed by atoms with van der Waals surface area (Å²) >= 11 is 12.5. The van der Waals surface area contributed by atoms with Crippen molar-refractivity contribution in [3.8, 4) is 16.8 Å². The second-order valence-electron chi connectivity index (χ2n) is 8.94. The van der Waals surface area contributed by atoms with Gasteiger partial charge in [0.15, 0.2) is 5.15 Å². The van der Waals surface area contributed by atoms with E-state index in [4.69, 9.17) is 23.2 Å². The number of ether oxygens (including phenoxy) is 1. The van der Waals surface area contributed by atoms with Gasteiger partial charge < -0.3 is 10.1 Å². The topological polar surface area (TPSA) is 171 Å². The fourth-order valence-electron chi connectivity index (χ4n) is 3.82. The van der Waals surface area contributed by atoms with Crippen LogP contribution < -0.4 is 10.6 Å². The molecule has 1 unspecified atom stereocenters. The van der Waals surface area contributed by atoms with Gasteiger partial charge in [0, 0.05) is 34.2 Å². The van der Waals surface area contributed by atoms with Gasteiger partial charge in [-0.2, -0.15) is 9.78 Å². The monoisotopic (exact) mass is 630 g/mol. The van der Waals surface area contributed by atoms with E-state index in [0.29, 0.717) is 38.8 Å². The second-order valence-corrected chi connectivity index (χ2v) is 12.0. The Balaban J connectivity index is 1.60. The minimum atomic E-state index is -3.37. The number of benzene rings is 2. The number of anilines is 1. The molecule has 0 aliphatic carbocycles. The van der Waals surface area contributed by atoms with Crippen LogP contribution in [0, 0.1) is 0 Å². The first-order valence-electron chi connectivity index (χ1n) is 12.2. The summed E-state index contributed by atoms with van der Waals surface area (Å²) in [6.07, 6.45) is 4.74. The van der Waals surface area contributed by atoms with Crippen molar-refractivity contribution in [3.63, 3.8) is 0 Å². The highest BCUT2D eigenvalue weighted by atomic mass is 35.5. The van der Waals surface area contributed by atoms with Crippen LogP contribution >= 0.6 is 23.2 Å². The fraction of sp³-hybridized carbons (Fsp3) is 0.192. The SMILES string of the molecule is COC(=O)Nc1ccc(-c2cc(C(CCS(C)(=O)=O)NC(=O)/C=C/c3cc(Cl)ccc3-n3cnnn3)nnc2Cl)cc1. The first kappa shape index (κ1) is 30.6. The zero-order valence-electron chi connectivity index (χ0n) is 22.2. The number of rotatable bonds is 10. The maximum Gasteiger partial charge on any atom is 0.411 e. The minimum absolute atomic E-state index is 0.0309. The van der Waals surface area contributed by atoms with Gasteiger partial charge in [-0.3, -0.25) is 10.1 Å². The van der Waals surface area contributed by atoms with Crippen molar-refractivity contribution in [2.24, 2.45) is 0 Å². The van der Waals surface area contributed by atoms with Crippen molar-refractivity contribution in [3.05, 3.63) is 82.4 Å². The zero-order valence-corrected chi connectivity index (χ0v) is 24.6. The normalized spacial score (nSPS) is 12.2. The van der Waals surface area contributed by atoms with Crippen molar-refractivity contribution < 1.29 is 22.7 Å². The molecule has 0 spiro atoms. The number of methoxy groups -OCH3 is 1. The highest BCUT2D eigenvalue weighted by Crippen LogP contribution is 2.30. The van der Waals surface area contributed by atoms with Crippen LogP contribution in [0.4, 0.5) is 10.5 Å². The molecule has 2 heterocycles. The molecular weight excluding hydrogens is 607 g/mol. The number of aromatic nitrogens is 6. The number of nitrogens with zero attached hydrogens (tertiary/aromatic N) is 6. The maximum absolute atomic E-state index is 13.0. The van der Waals surface area contributed by atoms with Gasteiger partial charge in [-0.25, -0.2) is 13.2 Å². The molecule has 2 N–H and O–H groups in total. The van der Waals surface area contributed by atoms with E-state index in [-0.39, 0.29) is 17.3 Å². The molecule has 0 aliphatic heterocycles. The van der Waals surface area contributed by atoms with Crippen LogP contribution in [0.5, 0.6) is 0 Å². The molecule has 4 rings (SSSR count). The summed E-state index contributed by atoms with van der Waals surface area (Å²) in [5, 5.41) is 25.2. The quantitative estimate of drug-likeness (QED) is 0.245. The Morgan fingerprint density at radius 2 is 1.86 bits per heavy atom. The van der Waals surface area contributed by atoms with Crippen LogP contribution in [-0.2, 0) is 19.4 Å². The second kappa shape index (κ2) is 13.5. The summed E-state index contributed by atoms with van der Waals surface area (Å²) in [5.74, 6) is -0.736. The average molecular weight is 632 g/mol. The van der Waals surface area contributed by atoms with Gasteiger partial charge in [0.2, 0.25) is 5.91 Å². The summed E-state index contributed by atoms with van der Waals surface area (Å²) in [6.45, 7) is 0. The summed E-state index contributed by atoms with van der Waals surface area (Å²) in [7, 11) is -2.11. The predicted molar refractivity (Wildman–Crippen MR) is 157 cm³/mol. The lowest BCUT2D eigenvalue weighted by atomic mass is 10.0. The first-order valence-corrected chi connectivity index (χ1v) is 15.0. The molecule has 0 fully saturated rings. The van der Waals surface area contributed by atoms with E-state index in [1.54, 1.807) is 48.5 Å². The van der Waals surface area contributed by atoms with Crippen LogP contribution in [0.15, 0.2) is 60.9 Å². The highest BCUT2D eigenvalue weighted by molar-refractivity contribution is 7.90. The molecule has 16 heteroatoms. The lowest BCUT2D eigenvalue weighted by molar-refractivity contribution is -0.117. The number of halogens is 2. The number of carbonyl (C=O) groups excluding carboxylic acids is 2. The van der Waals surface area contributed by atoms with Crippen LogP contribution in [0.2, 0.25) is 10.2 Å². The molecule has 0 saturated heterocycles. The number of amides is 2. The van der Waals surface area contributed by atoms with Crippen LogP contribution in [0.1, 0.15) is 23.7 Å². The van der Waals surface area contributed by atoms with E-state index >= 15 is 0 Å². The van der Waals surface area contributed by atoms with E-state index in [9.17, 15) is 18.0 Å². The number of hydrogen-bond acceptors (Lipinski definition) is 10. The molecule has 13 nitrogen and oxygen atoms in total. The number of sulfone groups is 1. The average Bonchev–Trinajstić information content (AvgIpc) is 3.49. The molecule has 42 heavy (non-hydrogen) atoms. The van der Waals surface area contributed by atoms with Gasteiger partial charge in [0.05, 0.1) is 30.3 Å². The van der Waals surface area contributed by atoms with E-state index < -0.39 is 27.9 Å². The smallest absolute Gasteiger partial charge is 0.411 e. The van der Waals surface area contributed by atoms with Gasteiger partial charge in [-0.1, -0.05) is 35.3 Å². The van der Waals surface area contributed by atoms with E-state index in [2.05, 4.69) is 41.1 Å². The third kappa shape index (κ3) is 8.31. The number of nitrogens with one attached hydrogen (secondary N) is 2. The molecule has 0 saturated carbocycles. The number of carbonyl (C=O) groups is 2. The molecule has 1 atom stereocenters. The number of hydrogen-bond donors (Lipinski definition) is 2. The van der Waals surface area contributed by atoms with Crippen LogP contribution in [0.25, 0.3) is 22.9 Å². The molecule has 2 amide bonds. The van der Waals surface area contributed by atoms with E-state index in [0.717, 1.165) is 6.26 Å². The Bertz CT molecular complexity index is 1720. The molecule has 0 radical (unpaired) electrons. The molecule has 0 aliphatic rings. The third-order valence-corrected chi connectivity index (χ3v) is 7.34. The summed E-state index contributed by atoms with van der Waals surface area (Å²) in [4.78, 5) is 24.5. The van der Waals surface area contributed by atoms with Gasteiger partial charge >= 0.3 is 6.09 Å². The Morgan fingerprint density at radius 3 is 2.52 bits per heavy atom. The van der Waals surface area contributed by atoms with Gasteiger partial charge in [-0.05, 0) is 64.9 Å².